The van der Waals surface area contributed by atoms with Crippen molar-refractivity contribution in [2.24, 2.45) is 0 Å². The minimum atomic E-state index is -0.409. The Morgan fingerprint density at radius 3 is 2.75 bits per heavy atom. The number of hydrogen-bond donors (Lipinski definition) is 2. The third kappa shape index (κ3) is 1.66. The summed E-state index contributed by atoms with van der Waals surface area (Å²) < 4.78 is 1.50. The molecule has 0 saturated heterocycles. The number of unbranched alkanes of at least 4 members (excludes halogenated alkanes) is 1. The number of aromatic amines is 2. The van der Waals surface area contributed by atoms with Crippen LogP contribution in [0.4, 0.5) is 0 Å². The average molecular weight is 222 g/mol. The van der Waals surface area contributed by atoms with Crippen LogP contribution < -0.4 is 11.2 Å². The van der Waals surface area contributed by atoms with Crippen molar-refractivity contribution in [3.8, 4) is 0 Å². The second kappa shape index (κ2) is 3.96. The van der Waals surface area contributed by atoms with Crippen molar-refractivity contribution in [2.75, 3.05) is 0 Å². The number of nitrogens with zero attached hydrogens (tertiary/aromatic N) is 2. The van der Waals surface area contributed by atoms with Crippen LogP contribution in [0.15, 0.2) is 9.59 Å². The van der Waals surface area contributed by atoms with Crippen LogP contribution >= 0.6 is 0 Å². The van der Waals surface area contributed by atoms with E-state index in [2.05, 4.69) is 15.0 Å². The maximum Gasteiger partial charge on any atom is 0.330 e. The van der Waals surface area contributed by atoms with Gasteiger partial charge in [0.2, 0.25) is 0 Å². The van der Waals surface area contributed by atoms with Crippen LogP contribution in [0.25, 0.3) is 11.2 Å². The summed E-state index contributed by atoms with van der Waals surface area (Å²) in [7, 11) is 0. The minimum absolute atomic E-state index is 0.369. The summed E-state index contributed by atoms with van der Waals surface area (Å²) in [4.78, 5) is 32.4. The van der Waals surface area contributed by atoms with Crippen molar-refractivity contribution in [2.45, 2.75) is 33.2 Å². The number of rotatable bonds is 3. The van der Waals surface area contributed by atoms with Gasteiger partial charge in [-0.25, -0.2) is 9.78 Å². The van der Waals surface area contributed by atoms with Gasteiger partial charge in [0.15, 0.2) is 5.65 Å². The first-order valence-corrected chi connectivity index (χ1v) is 5.33. The molecular weight excluding hydrogens is 208 g/mol. The van der Waals surface area contributed by atoms with Crippen molar-refractivity contribution in [3.63, 3.8) is 0 Å². The normalized spacial score (nSPS) is 11.1. The SMILES string of the molecule is CCCCn1c(=O)[nH]c(=O)c2[nH]c(C)nc21. The number of aromatic nitrogens is 4. The molecule has 0 aliphatic heterocycles. The molecule has 0 unspecified atom stereocenters. The van der Waals surface area contributed by atoms with Crippen LogP contribution in [0.1, 0.15) is 25.6 Å². The van der Waals surface area contributed by atoms with Gasteiger partial charge in [0, 0.05) is 6.54 Å². The van der Waals surface area contributed by atoms with Gasteiger partial charge in [0.25, 0.3) is 5.56 Å². The highest BCUT2D eigenvalue weighted by Crippen LogP contribution is 2.04. The van der Waals surface area contributed by atoms with Gasteiger partial charge in [-0.1, -0.05) is 13.3 Å². The number of hydrogen-bond acceptors (Lipinski definition) is 3. The van der Waals surface area contributed by atoms with Crippen molar-refractivity contribution in [3.05, 3.63) is 26.7 Å². The van der Waals surface area contributed by atoms with Gasteiger partial charge in [-0.15, -0.1) is 0 Å². The Labute approximate surface area is 91.3 Å². The Morgan fingerprint density at radius 1 is 1.31 bits per heavy atom. The van der Waals surface area contributed by atoms with Crippen molar-refractivity contribution in [1.82, 2.24) is 19.5 Å². The van der Waals surface area contributed by atoms with E-state index in [4.69, 9.17) is 0 Å². The quantitative estimate of drug-likeness (QED) is 0.794. The molecule has 2 aromatic heterocycles. The molecular formula is C10H14N4O2. The lowest BCUT2D eigenvalue weighted by Crippen LogP contribution is -2.30. The first-order chi connectivity index (χ1) is 7.63. The maximum absolute atomic E-state index is 11.6. The average Bonchev–Trinajstić information content (AvgIpc) is 2.60. The molecule has 2 aromatic rings. The molecule has 0 amide bonds. The Balaban J connectivity index is 2.71. The zero-order chi connectivity index (χ0) is 11.7. The van der Waals surface area contributed by atoms with E-state index in [1.807, 2.05) is 6.92 Å². The maximum atomic E-state index is 11.6. The fourth-order valence-corrected chi connectivity index (χ4v) is 1.68. The molecule has 2 N–H and O–H groups in total. The fraction of sp³-hybridized carbons (Fsp3) is 0.500. The topological polar surface area (TPSA) is 83.5 Å². The van der Waals surface area contributed by atoms with Gasteiger partial charge >= 0.3 is 5.69 Å². The summed E-state index contributed by atoms with van der Waals surface area (Å²) in [5.74, 6) is 0.636. The molecule has 6 nitrogen and oxygen atoms in total. The van der Waals surface area contributed by atoms with E-state index >= 15 is 0 Å². The highest BCUT2D eigenvalue weighted by molar-refractivity contribution is 5.69. The van der Waals surface area contributed by atoms with E-state index in [0.29, 0.717) is 23.5 Å². The van der Waals surface area contributed by atoms with Crippen LogP contribution in [0.2, 0.25) is 0 Å². The van der Waals surface area contributed by atoms with Crippen LogP contribution in [0, 0.1) is 6.92 Å². The standard InChI is InChI=1S/C10H14N4O2/c1-3-4-5-14-8-7(11-6(2)12-8)9(15)13-10(14)16/h3-5H2,1-2H3,(H,11,12)(H,13,15,16). The highest BCUT2D eigenvalue weighted by Gasteiger charge is 2.10. The predicted octanol–water partition coefficient (Wildman–Crippen LogP) is 0.521. The van der Waals surface area contributed by atoms with Crippen LogP contribution in [0.3, 0.4) is 0 Å². The molecule has 0 aromatic carbocycles. The second-order valence-corrected chi connectivity index (χ2v) is 3.79. The Hall–Kier alpha value is -1.85. The van der Waals surface area contributed by atoms with Crippen LogP contribution in [-0.4, -0.2) is 19.5 Å². The van der Waals surface area contributed by atoms with E-state index in [0.717, 1.165) is 12.8 Å². The molecule has 0 fully saturated rings. The van der Waals surface area contributed by atoms with E-state index in [1.165, 1.54) is 4.57 Å². The van der Waals surface area contributed by atoms with E-state index in [-0.39, 0.29) is 0 Å². The monoisotopic (exact) mass is 222 g/mol. The summed E-state index contributed by atoms with van der Waals surface area (Å²) in [5.41, 5.74) is 0.0127. The number of H-pyrrole nitrogens is 2. The van der Waals surface area contributed by atoms with Gasteiger partial charge in [-0.3, -0.25) is 14.3 Å². The Kier molecular flexibility index (Phi) is 2.64. The fourth-order valence-electron chi connectivity index (χ4n) is 1.68. The molecule has 0 spiro atoms. The molecule has 0 atom stereocenters. The summed E-state index contributed by atoms with van der Waals surface area (Å²) in [6.07, 6.45) is 1.86. The summed E-state index contributed by atoms with van der Waals surface area (Å²) in [6, 6.07) is 0. The Morgan fingerprint density at radius 2 is 2.06 bits per heavy atom. The first-order valence-electron chi connectivity index (χ1n) is 5.33. The lowest BCUT2D eigenvalue weighted by molar-refractivity contribution is 0.613. The molecule has 0 saturated carbocycles. The van der Waals surface area contributed by atoms with Gasteiger partial charge in [-0.05, 0) is 13.3 Å². The van der Waals surface area contributed by atoms with Crippen LogP contribution in [0.5, 0.6) is 0 Å². The molecule has 86 valence electrons. The molecule has 6 heteroatoms. The van der Waals surface area contributed by atoms with E-state index < -0.39 is 11.2 Å². The van der Waals surface area contributed by atoms with E-state index in [1.54, 1.807) is 6.92 Å². The van der Waals surface area contributed by atoms with Gasteiger partial charge in [0.05, 0.1) is 0 Å². The number of fused-ring (bicyclic) bond motifs is 1. The summed E-state index contributed by atoms with van der Waals surface area (Å²) >= 11 is 0. The molecule has 0 aliphatic carbocycles. The smallest absolute Gasteiger partial charge is 0.330 e. The van der Waals surface area contributed by atoms with Gasteiger partial charge in [-0.2, -0.15) is 0 Å². The van der Waals surface area contributed by atoms with Crippen molar-refractivity contribution < 1.29 is 0 Å². The molecule has 2 heterocycles. The largest absolute Gasteiger partial charge is 0.336 e. The third-order valence-electron chi connectivity index (χ3n) is 2.49. The van der Waals surface area contributed by atoms with Crippen LogP contribution in [-0.2, 0) is 6.54 Å². The zero-order valence-corrected chi connectivity index (χ0v) is 9.33. The highest BCUT2D eigenvalue weighted by atomic mass is 16.2. The van der Waals surface area contributed by atoms with Crippen molar-refractivity contribution in [1.29, 1.82) is 0 Å². The van der Waals surface area contributed by atoms with Crippen molar-refractivity contribution >= 4 is 11.2 Å². The third-order valence-corrected chi connectivity index (χ3v) is 2.49. The lowest BCUT2D eigenvalue weighted by Gasteiger charge is -2.03. The zero-order valence-electron chi connectivity index (χ0n) is 9.33. The minimum Gasteiger partial charge on any atom is -0.336 e. The predicted molar refractivity (Wildman–Crippen MR) is 60.6 cm³/mol. The number of imidazole rings is 1. The van der Waals surface area contributed by atoms with E-state index in [9.17, 15) is 9.59 Å². The molecule has 0 radical (unpaired) electrons. The first kappa shape index (κ1) is 10.7. The molecule has 2 rings (SSSR count). The van der Waals surface area contributed by atoms with Gasteiger partial charge in [0.1, 0.15) is 11.3 Å². The number of aryl methyl sites for hydroxylation is 2. The second-order valence-electron chi connectivity index (χ2n) is 3.79. The number of nitrogens with one attached hydrogen (secondary N) is 2. The summed E-state index contributed by atoms with van der Waals surface area (Å²) in [6.45, 7) is 4.38. The van der Waals surface area contributed by atoms with Gasteiger partial charge < -0.3 is 4.98 Å². The summed E-state index contributed by atoms with van der Waals surface area (Å²) in [5, 5.41) is 0. The Bertz CT molecular complexity index is 620. The molecule has 0 aliphatic rings. The molecule has 0 bridgehead atoms. The lowest BCUT2D eigenvalue weighted by atomic mass is 10.3. The molecule has 16 heavy (non-hydrogen) atoms.